The number of hydrogen-bond acceptors (Lipinski definition) is 7. The second kappa shape index (κ2) is 8.36. The maximum absolute atomic E-state index is 12.7. The number of sulfonamides is 1. The Morgan fingerprint density at radius 1 is 1.14 bits per heavy atom. The molecule has 2 aromatic carbocycles. The molecule has 0 aliphatic carbocycles. The molecule has 3 aromatic rings. The smallest absolute Gasteiger partial charge is 0.293 e. The van der Waals surface area contributed by atoms with Crippen LogP contribution in [-0.2, 0) is 14.8 Å². The third-order valence-corrected chi connectivity index (χ3v) is 6.68. The van der Waals surface area contributed by atoms with E-state index in [0.29, 0.717) is 11.4 Å². The molecule has 0 aliphatic rings. The van der Waals surface area contributed by atoms with Crippen LogP contribution in [0.5, 0.6) is 5.75 Å². The summed E-state index contributed by atoms with van der Waals surface area (Å²) in [5, 5.41) is 10.0. The van der Waals surface area contributed by atoms with E-state index in [-0.39, 0.29) is 16.1 Å². The summed E-state index contributed by atoms with van der Waals surface area (Å²) in [7, 11) is -2.44. The number of benzene rings is 2. The van der Waals surface area contributed by atoms with Gasteiger partial charge in [0.25, 0.3) is 20.3 Å². The minimum absolute atomic E-state index is 0.0814. The van der Waals surface area contributed by atoms with Crippen LogP contribution in [-0.4, -0.2) is 38.2 Å². The van der Waals surface area contributed by atoms with E-state index >= 15 is 0 Å². The zero-order chi connectivity index (χ0) is 20.1. The topological polar surface area (TPSA) is 101 Å². The van der Waals surface area contributed by atoms with E-state index in [2.05, 4.69) is 15.5 Å². The van der Waals surface area contributed by atoms with Gasteiger partial charge in [0.1, 0.15) is 5.75 Å². The fraction of sp³-hybridized carbons (Fsp3) is 0.167. The maximum Gasteiger partial charge on any atom is 0.293 e. The van der Waals surface area contributed by atoms with Gasteiger partial charge in [-0.3, -0.25) is 14.4 Å². The number of amides is 1. The highest BCUT2D eigenvalue weighted by atomic mass is 32.2. The van der Waals surface area contributed by atoms with Crippen molar-refractivity contribution in [3.05, 3.63) is 60.2 Å². The monoisotopic (exact) mass is 418 g/mol. The number of para-hydroxylation sites is 1. The molecule has 0 bridgehead atoms. The standard InChI is InChI=1S/C18H18N4O4S2/c1-13-7-6-10-15(11-13)26-12-16(23)19-17-20-21-18(27-17)28(24,25)22(2)14-8-4-3-5-9-14/h3-11H,12H2,1-2H3,(H,19,20,23). The summed E-state index contributed by atoms with van der Waals surface area (Å²) in [5.41, 5.74) is 1.51. The van der Waals surface area contributed by atoms with Gasteiger partial charge in [0.15, 0.2) is 6.61 Å². The van der Waals surface area contributed by atoms with Gasteiger partial charge in [-0.2, -0.15) is 8.42 Å². The molecular weight excluding hydrogens is 400 g/mol. The van der Waals surface area contributed by atoms with Crippen molar-refractivity contribution in [1.29, 1.82) is 0 Å². The van der Waals surface area contributed by atoms with Crippen molar-refractivity contribution >= 4 is 38.1 Å². The van der Waals surface area contributed by atoms with Gasteiger partial charge in [-0.1, -0.05) is 41.7 Å². The van der Waals surface area contributed by atoms with Gasteiger partial charge in [0.2, 0.25) is 5.13 Å². The van der Waals surface area contributed by atoms with Gasteiger partial charge in [-0.05, 0) is 36.8 Å². The summed E-state index contributed by atoms with van der Waals surface area (Å²) in [6.45, 7) is 1.69. The van der Waals surface area contributed by atoms with E-state index in [0.717, 1.165) is 21.2 Å². The quantitative estimate of drug-likeness (QED) is 0.592. The third kappa shape index (κ3) is 4.65. The predicted molar refractivity (Wildman–Crippen MR) is 107 cm³/mol. The van der Waals surface area contributed by atoms with E-state index in [1.54, 1.807) is 36.4 Å². The maximum atomic E-state index is 12.7. The number of aryl methyl sites for hydroxylation is 1. The predicted octanol–water partition coefficient (Wildman–Crippen LogP) is 2.69. The van der Waals surface area contributed by atoms with Crippen molar-refractivity contribution in [2.75, 3.05) is 23.3 Å². The Morgan fingerprint density at radius 3 is 2.61 bits per heavy atom. The normalized spacial score (nSPS) is 11.1. The molecule has 0 saturated carbocycles. The zero-order valence-electron chi connectivity index (χ0n) is 15.2. The fourth-order valence-corrected chi connectivity index (χ4v) is 4.53. The van der Waals surface area contributed by atoms with Crippen LogP contribution >= 0.6 is 11.3 Å². The van der Waals surface area contributed by atoms with Crippen LogP contribution in [0.1, 0.15) is 5.56 Å². The Balaban J connectivity index is 1.64. The summed E-state index contributed by atoms with van der Waals surface area (Å²) < 4.78 is 31.6. The molecule has 1 amide bonds. The van der Waals surface area contributed by atoms with E-state index in [4.69, 9.17) is 4.74 Å². The summed E-state index contributed by atoms with van der Waals surface area (Å²) in [5.74, 6) is 0.109. The second-order valence-electron chi connectivity index (χ2n) is 5.83. The molecule has 8 nitrogen and oxygen atoms in total. The van der Waals surface area contributed by atoms with Crippen molar-refractivity contribution in [3.8, 4) is 5.75 Å². The SMILES string of the molecule is Cc1cccc(OCC(=O)Nc2nnc(S(=O)(=O)N(C)c3ccccc3)s2)c1. The Morgan fingerprint density at radius 2 is 1.89 bits per heavy atom. The Hall–Kier alpha value is -2.98. The van der Waals surface area contributed by atoms with Crippen molar-refractivity contribution in [3.63, 3.8) is 0 Å². The van der Waals surface area contributed by atoms with Gasteiger partial charge in [0, 0.05) is 7.05 Å². The van der Waals surface area contributed by atoms with Crippen LogP contribution in [0.15, 0.2) is 58.9 Å². The fourth-order valence-electron chi connectivity index (χ4n) is 2.27. The van der Waals surface area contributed by atoms with Crippen LogP contribution in [0, 0.1) is 6.92 Å². The first-order chi connectivity index (χ1) is 13.4. The van der Waals surface area contributed by atoms with E-state index < -0.39 is 15.9 Å². The lowest BCUT2D eigenvalue weighted by molar-refractivity contribution is -0.118. The Kier molecular flexibility index (Phi) is 5.90. The third-order valence-electron chi connectivity index (χ3n) is 3.71. The molecule has 0 atom stereocenters. The molecule has 1 N–H and O–H groups in total. The van der Waals surface area contributed by atoms with Crippen LogP contribution in [0.3, 0.4) is 0 Å². The lowest BCUT2D eigenvalue weighted by Crippen LogP contribution is -2.26. The van der Waals surface area contributed by atoms with Crippen molar-refractivity contribution in [1.82, 2.24) is 10.2 Å². The summed E-state index contributed by atoms with van der Waals surface area (Å²) in [6, 6.07) is 15.9. The number of aromatic nitrogens is 2. The summed E-state index contributed by atoms with van der Waals surface area (Å²) >= 11 is 0.776. The zero-order valence-corrected chi connectivity index (χ0v) is 16.8. The molecule has 28 heavy (non-hydrogen) atoms. The molecule has 0 saturated heterocycles. The number of carbonyl (C=O) groups is 1. The number of nitrogens with zero attached hydrogens (tertiary/aromatic N) is 3. The van der Waals surface area contributed by atoms with Gasteiger partial charge in [-0.15, -0.1) is 10.2 Å². The molecule has 0 radical (unpaired) electrons. The summed E-state index contributed by atoms with van der Waals surface area (Å²) in [4.78, 5) is 12.0. The van der Waals surface area contributed by atoms with Crippen LogP contribution < -0.4 is 14.4 Å². The highest BCUT2D eigenvalue weighted by Crippen LogP contribution is 2.26. The van der Waals surface area contributed by atoms with Gasteiger partial charge in [-0.25, -0.2) is 0 Å². The van der Waals surface area contributed by atoms with Gasteiger partial charge < -0.3 is 4.74 Å². The highest BCUT2D eigenvalue weighted by Gasteiger charge is 2.26. The minimum atomic E-state index is -3.87. The largest absolute Gasteiger partial charge is 0.484 e. The molecule has 0 fully saturated rings. The van der Waals surface area contributed by atoms with Crippen LogP contribution in [0.2, 0.25) is 0 Å². The molecule has 10 heteroatoms. The molecule has 1 aromatic heterocycles. The first-order valence-electron chi connectivity index (χ1n) is 8.23. The molecule has 1 heterocycles. The highest BCUT2D eigenvalue weighted by molar-refractivity contribution is 7.94. The molecule has 0 unspecified atom stereocenters. The van der Waals surface area contributed by atoms with Gasteiger partial charge in [0.05, 0.1) is 5.69 Å². The molecule has 0 aliphatic heterocycles. The number of nitrogens with one attached hydrogen (secondary N) is 1. The average Bonchev–Trinajstić information content (AvgIpc) is 3.16. The molecular formula is C18H18N4O4S2. The molecule has 3 rings (SSSR count). The lowest BCUT2D eigenvalue weighted by atomic mass is 10.2. The van der Waals surface area contributed by atoms with Crippen molar-refractivity contribution in [2.24, 2.45) is 0 Å². The number of rotatable bonds is 7. The number of anilines is 2. The second-order valence-corrected chi connectivity index (χ2v) is 8.96. The number of ether oxygens (including phenoxy) is 1. The van der Waals surface area contributed by atoms with Crippen molar-refractivity contribution < 1.29 is 17.9 Å². The molecule has 146 valence electrons. The first kappa shape index (κ1) is 19.8. The van der Waals surface area contributed by atoms with Crippen LogP contribution in [0.25, 0.3) is 0 Å². The Labute approximate surface area is 166 Å². The summed E-state index contributed by atoms with van der Waals surface area (Å²) in [6.07, 6.45) is 0. The minimum Gasteiger partial charge on any atom is -0.484 e. The van der Waals surface area contributed by atoms with Gasteiger partial charge >= 0.3 is 0 Å². The van der Waals surface area contributed by atoms with E-state index in [9.17, 15) is 13.2 Å². The Bertz CT molecular complexity index is 1070. The van der Waals surface area contributed by atoms with Crippen LogP contribution in [0.4, 0.5) is 10.8 Å². The lowest BCUT2D eigenvalue weighted by Gasteiger charge is -2.16. The van der Waals surface area contributed by atoms with Crippen molar-refractivity contribution in [2.45, 2.75) is 11.3 Å². The molecule has 0 spiro atoms. The van der Waals surface area contributed by atoms with E-state index in [1.807, 2.05) is 25.1 Å². The number of carbonyl (C=O) groups excluding carboxylic acids is 1. The number of hydrogen-bond donors (Lipinski definition) is 1. The van der Waals surface area contributed by atoms with E-state index in [1.165, 1.54) is 7.05 Å². The first-order valence-corrected chi connectivity index (χ1v) is 10.5. The average molecular weight is 419 g/mol.